The largest absolute Gasteiger partial charge is 0.364 e. The highest BCUT2D eigenvalue weighted by Crippen LogP contribution is 2.24. The van der Waals surface area contributed by atoms with E-state index in [9.17, 15) is 13.2 Å². The maximum absolute atomic E-state index is 12.1. The molecule has 3 N–H and O–H groups in total. The van der Waals surface area contributed by atoms with Gasteiger partial charge in [0.2, 0.25) is 10.0 Å². The fraction of sp³-hybridized carbons (Fsp3) is 0.562. The summed E-state index contributed by atoms with van der Waals surface area (Å²) < 4.78 is 27.0. The maximum atomic E-state index is 12.1. The summed E-state index contributed by atoms with van der Waals surface area (Å²) in [6.45, 7) is 3.34. The summed E-state index contributed by atoms with van der Waals surface area (Å²) in [5.74, 6) is 0.521. The molecule has 0 radical (unpaired) electrons. The number of fused-ring (bicyclic) bond motifs is 1. The number of pyridine rings is 1. The molecule has 0 spiro atoms. The van der Waals surface area contributed by atoms with Gasteiger partial charge < -0.3 is 5.32 Å². The third-order valence-corrected chi connectivity index (χ3v) is 6.42. The van der Waals surface area contributed by atoms with Gasteiger partial charge in [-0.05, 0) is 51.7 Å². The van der Waals surface area contributed by atoms with E-state index >= 15 is 0 Å². The zero-order chi connectivity index (χ0) is 18.0. The van der Waals surface area contributed by atoms with E-state index in [0.29, 0.717) is 23.1 Å². The van der Waals surface area contributed by atoms with Crippen LogP contribution in [-0.4, -0.2) is 40.9 Å². The van der Waals surface area contributed by atoms with Gasteiger partial charge in [0.25, 0.3) is 5.56 Å². The highest BCUT2D eigenvalue weighted by molar-refractivity contribution is 7.90. The van der Waals surface area contributed by atoms with Gasteiger partial charge in [-0.1, -0.05) is 0 Å². The van der Waals surface area contributed by atoms with E-state index in [2.05, 4.69) is 25.2 Å². The van der Waals surface area contributed by atoms with Crippen LogP contribution < -0.4 is 15.6 Å². The molecule has 0 aliphatic heterocycles. The molecule has 1 fully saturated rings. The smallest absolute Gasteiger partial charge is 0.273 e. The van der Waals surface area contributed by atoms with Crippen LogP contribution in [0.15, 0.2) is 23.1 Å². The van der Waals surface area contributed by atoms with Crippen molar-refractivity contribution in [1.29, 1.82) is 0 Å². The summed E-state index contributed by atoms with van der Waals surface area (Å²) in [4.78, 5) is 16.1. The van der Waals surface area contributed by atoms with Crippen molar-refractivity contribution in [3.05, 3.63) is 28.7 Å². The Morgan fingerprint density at radius 3 is 2.80 bits per heavy atom. The minimum Gasteiger partial charge on any atom is -0.364 e. The summed E-state index contributed by atoms with van der Waals surface area (Å²) in [5.41, 5.74) is 0.246. The topological polar surface area (TPSA) is 117 Å². The number of hydrogen-bond acceptors (Lipinski definition) is 6. The lowest BCUT2D eigenvalue weighted by Gasteiger charge is -2.31. The third kappa shape index (κ3) is 3.98. The van der Waals surface area contributed by atoms with Crippen LogP contribution in [0.2, 0.25) is 0 Å². The van der Waals surface area contributed by atoms with Gasteiger partial charge >= 0.3 is 0 Å². The predicted molar refractivity (Wildman–Crippen MR) is 97.0 cm³/mol. The van der Waals surface area contributed by atoms with Crippen molar-refractivity contribution in [3.8, 4) is 0 Å². The Hall–Kier alpha value is -2.00. The van der Waals surface area contributed by atoms with Crippen molar-refractivity contribution in [2.75, 3.05) is 5.32 Å². The van der Waals surface area contributed by atoms with Crippen LogP contribution in [0.5, 0.6) is 0 Å². The summed E-state index contributed by atoms with van der Waals surface area (Å²) >= 11 is 0. The normalized spacial score (nSPS) is 21.6. The highest BCUT2D eigenvalue weighted by atomic mass is 32.2. The van der Waals surface area contributed by atoms with Gasteiger partial charge in [-0.2, -0.15) is 5.10 Å². The van der Waals surface area contributed by atoms with Crippen LogP contribution in [0, 0.1) is 0 Å². The molecule has 1 saturated carbocycles. The second-order valence-electron chi connectivity index (χ2n) is 6.72. The molecule has 8 nitrogen and oxygen atoms in total. The van der Waals surface area contributed by atoms with Crippen molar-refractivity contribution in [2.24, 2.45) is 0 Å². The summed E-state index contributed by atoms with van der Waals surface area (Å²) in [5, 5.41) is 9.90. The molecular weight excluding hydrogens is 342 g/mol. The molecule has 136 valence electrons. The second-order valence-corrected chi connectivity index (χ2v) is 8.99. The molecular formula is C16H23N5O3S. The monoisotopic (exact) mass is 365 g/mol. The lowest BCUT2D eigenvalue weighted by Crippen LogP contribution is -2.44. The van der Waals surface area contributed by atoms with Gasteiger partial charge in [-0.15, -0.1) is 0 Å². The number of sulfonamides is 1. The molecule has 2 unspecified atom stereocenters. The van der Waals surface area contributed by atoms with E-state index in [4.69, 9.17) is 0 Å². The first-order valence-corrected chi connectivity index (χ1v) is 10.0. The van der Waals surface area contributed by atoms with Gasteiger partial charge in [0.05, 0.1) is 10.6 Å². The number of hydrogen-bond donors (Lipinski definition) is 3. The van der Waals surface area contributed by atoms with Crippen LogP contribution in [0.3, 0.4) is 0 Å². The summed E-state index contributed by atoms with van der Waals surface area (Å²) in [6, 6.07) is 3.38. The Morgan fingerprint density at radius 2 is 2.04 bits per heavy atom. The SMILES string of the molecule is CC(C)S(=O)(=O)NC1CCCC(Nc2n[nH]c(=O)c3cccnc23)C1. The van der Waals surface area contributed by atoms with E-state index in [1.165, 1.54) is 0 Å². The van der Waals surface area contributed by atoms with Gasteiger partial charge in [-0.3, -0.25) is 9.78 Å². The van der Waals surface area contributed by atoms with Crippen molar-refractivity contribution in [2.45, 2.75) is 56.9 Å². The van der Waals surface area contributed by atoms with Crippen molar-refractivity contribution < 1.29 is 8.42 Å². The molecule has 0 bridgehead atoms. The van der Waals surface area contributed by atoms with Crippen molar-refractivity contribution >= 4 is 26.7 Å². The predicted octanol–water partition coefficient (Wildman–Crippen LogP) is 1.37. The molecule has 0 saturated heterocycles. The minimum absolute atomic E-state index is 0.0669. The quantitative estimate of drug-likeness (QED) is 0.737. The third-order valence-electron chi connectivity index (χ3n) is 4.51. The van der Waals surface area contributed by atoms with Crippen LogP contribution in [0.4, 0.5) is 5.82 Å². The number of aromatic nitrogens is 3. The molecule has 2 atom stereocenters. The summed E-state index contributed by atoms with van der Waals surface area (Å²) in [6.07, 6.45) is 4.94. The first-order chi connectivity index (χ1) is 11.9. The van der Waals surface area contributed by atoms with Gasteiger partial charge in [0.1, 0.15) is 5.52 Å². The summed E-state index contributed by atoms with van der Waals surface area (Å²) in [7, 11) is -3.29. The molecule has 1 aliphatic rings. The standard InChI is InChI=1S/C16H23N5O3S/c1-10(2)25(23,24)21-12-6-3-5-11(9-12)18-15-14-13(7-4-8-17-14)16(22)20-19-15/h4,7-8,10-12,21H,3,5-6,9H2,1-2H3,(H,18,19)(H,20,22). The van der Waals surface area contributed by atoms with Crippen molar-refractivity contribution in [3.63, 3.8) is 0 Å². The lowest BCUT2D eigenvalue weighted by atomic mass is 9.91. The number of nitrogens with one attached hydrogen (secondary N) is 3. The fourth-order valence-corrected chi connectivity index (χ4v) is 4.04. The van der Waals surface area contributed by atoms with Crippen LogP contribution in [0.1, 0.15) is 39.5 Å². The first kappa shape index (κ1) is 17.8. The molecule has 1 aliphatic carbocycles. The molecule has 2 aromatic rings. The Morgan fingerprint density at radius 1 is 1.28 bits per heavy atom. The Labute approximate surface area is 146 Å². The molecule has 3 rings (SSSR count). The molecule has 2 heterocycles. The number of anilines is 1. The molecule has 25 heavy (non-hydrogen) atoms. The Bertz CT molecular complexity index is 909. The number of H-pyrrole nitrogens is 1. The van der Waals surface area contributed by atoms with E-state index in [-0.39, 0.29) is 17.6 Å². The van der Waals surface area contributed by atoms with Crippen LogP contribution >= 0.6 is 0 Å². The first-order valence-electron chi connectivity index (χ1n) is 8.48. The van der Waals surface area contributed by atoms with E-state index < -0.39 is 15.3 Å². The van der Waals surface area contributed by atoms with Crippen LogP contribution in [0.25, 0.3) is 10.9 Å². The lowest BCUT2D eigenvalue weighted by molar-refractivity contribution is 0.384. The van der Waals surface area contributed by atoms with E-state index in [0.717, 1.165) is 19.3 Å². The second kappa shape index (κ2) is 7.09. The van der Waals surface area contributed by atoms with Gasteiger partial charge in [0, 0.05) is 18.3 Å². The molecule has 2 aromatic heterocycles. The zero-order valence-corrected chi connectivity index (χ0v) is 15.1. The van der Waals surface area contributed by atoms with Crippen LogP contribution in [-0.2, 0) is 10.0 Å². The number of rotatable bonds is 5. The molecule has 9 heteroatoms. The fourth-order valence-electron chi connectivity index (χ4n) is 3.09. The van der Waals surface area contributed by atoms with E-state index in [1.54, 1.807) is 32.2 Å². The van der Waals surface area contributed by atoms with E-state index in [1.807, 2.05) is 0 Å². The minimum atomic E-state index is -3.29. The molecule has 0 aromatic carbocycles. The maximum Gasteiger partial charge on any atom is 0.273 e. The van der Waals surface area contributed by atoms with Crippen molar-refractivity contribution in [1.82, 2.24) is 19.9 Å². The average molecular weight is 365 g/mol. The average Bonchev–Trinajstić information content (AvgIpc) is 2.57. The Balaban J connectivity index is 1.76. The van der Waals surface area contributed by atoms with Gasteiger partial charge in [-0.25, -0.2) is 18.2 Å². The molecule has 0 amide bonds. The Kier molecular flexibility index (Phi) is 5.05. The van der Waals surface area contributed by atoms with Gasteiger partial charge in [0.15, 0.2) is 5.82 Å². The number of nitrogens with zero attached hydrogens (tertiary/aromatic N) is 2. The number of aromatic amines is 1. The zero-order valence-electron chi connectivity index (χ0n) is 14.3. The highest BCUT2D eigenvalue weighted by Gasteiger charge is 2.27.